The van der Waals surface area contributed by atoms with Crippen LogP contribution in [0.5, 0.6) is 0 Å². The molecule has 1 unspecified atom stereocenters. The van der Waals surface area contributed by atoms with Gasteiger partial charge in [-0.1, -0.05) is 6.07 Å². The molecule has 1 aromatic heterocycles. The molecule has 1 fully saturated rings. The molecule has 1 aromatic rings. The molecular formula is C15H25N3O. The molecule has 4 heteroatoms. The Morgan fingerprint density at radius 3 is 2.68 bits per heavy atom. The lowest BCUT2D eigenvalue weighted by molar-refractivity contribution is 0.0997. The fourth-order valence-electron chi connectivity index (χ4n) is 2.66. The maximum absolute atomic E-state index is 8.80. The molecule has 2 rings (SSSR count). The first-order chi connectivity index (χ1) is 9.31. The van der Waals surface area contributed by atoms with Crippen LogP contribution in [0.15, 0.2) is 24.5 Å². The van der Waals surface area contributed by atoms with Crippen LogP contribution < -0.4 is 0 Å². The van der Waals surface area contributed by atoms with Gasteiger partial charge in [0.2, 0.25) is 0 Å². The van der Waals surface area contributed by atoms with Crippen molar-refractivity contribution in [3.05, 3.63) is 30.1 Å². The Morgan fingerprint density at radius 1 is 1.26 bits per heavy atom. The quantitative estimate of drug-likeness (QED) is 0.790. The van der Waals surface area contributed by atoms with Gasteiger partial charge >= 0.3 is 0 Å². The number of hydrogen-bond acceptors (Lipinski definition) is 4. The maximum Gasteiger partial charge on any atom is 0.0431 e. The Kier molecular flexibility index (Phi) is 5.76. The van der Waals surface area contributed by atoms with Gasteiger partial charge in [0.25, 0.3) is 0 Å². The van der Waals surface area contributed by atoms with Gasteiger partial charge in [-0.25, -0.2) is 0 Å². The fourth-order valence-corrected chi connectivity index (χ4v) is 2.66. The third-order valence-corrected chi connectivity index (χ3v) is 4.00. The van der Waals surface area contributed by atoms with Crippen LogP contribution in [0, 0.1) is 0 Å². The number of aliphatic hydroxyl groups excluding tert-OH is 1. The van der Waals surface area contributed by atoms with Gasteiger partial charge < -0.3 is 10.0 Å². The van der Waals surface area contributed by atoms with Crippen LogP contribution in [0.25, 0.3) is 0 Å². The summed E-state index contributed by atoms with van der Waals surface area (Å²) in [6.45, 7) is 8.21. The normalized spacial score (nSPS) is 19.5. The molecule has 0 amide bonds. The minimum Gasteiger partial charge on any atom is -0.396 e. The second kappa shape index (κ2) is 7.58. The fraction of sp³-hybridized carbons (Fsp3) is 0.667. The minimum absolute atomic E-state index is 0.317. The average molecular weight is 263 g/mol. The molecule has 0 aliphatic carbocycles. The van der Waals surface area contributed by atoms with Crippen molar-refractivity contribution in [3.63, 3.8) is 0 Å². The average Bonchev–Trinajstić information content (AvgIpc) is 2.48. The highest BCUT2D eigenvalue weighted by Gasteiger charge is 2.21. The topological polar surface area (TPSA) is 39.6 Å². The SMILES string of the molecule is CC(c1cccnc1)N1CCN(CCCCO)CC1. The number of pyridine rings is 1. The zero-order chi connectivity index (χ0) is 13.5. The van der Waals surface area contributed by atoms with E-state index in [0.717, 1.165) is 45.6 Å². The second-order valence-electron chi connectivity index (χ2n) is 5.27. The van der Waals surface area contributed by atoms with Crippen LogP contribution in [0.4, 0.5) is 0 Å². The molecule has 1 N–H and O–H groups in total. The number of unbranched alkanes of at least 4 members (excludes halogenated alkanes) is 1. The lowest BCUT2D eigenvalue weighted by Gasteiger charge is -2.38. The number of rotatable bonds is 6. The summed E-state index contributed by atoms with van der Waals surface area (Å²) < 4.78 is 0. The van der Waals surface area contributed by atoms with Crippen LogP contribution in [0.3, 0.4) is 0 Å². The monoisotopic (exact) mass is 263 g/mol. The van der Waals surface area contributed by atoms with Gasteiger partial charge in [0.1, 0.15) is 0 Å². The molecule has 0 aromatic carbocycles. The molecule has 0 radical (unpaired) electrons. The standard InChI is InChI=1S/C15H25N3O/c1-14(15-5-4-6-16-13-15)18-10-8-17(9-11-18)7-2-3-12-19/h4-6,13-14,19H,2-3,7-12H2,1H3. The zero-order valence-corrected chi connectivity index (χ0v) is 11.8. The Hall–Kier alpha value is -0.970. The van der Waals surface area contributed by atoms with E-state index >= 15 is 0 Å². The second-order valence-corrected chi connectivity index (χ2v) is 5.27. The van der Waals surface area contributed by atoms with Crippen LogP contribution in [-0.4, -0.2) is 59.2 Å². The summed E-state index contributed by atoms with van der Waals surface area (Å²) in [5, 5.41) is 8.80. The summed E-state index contributed by atoms with van der Waals surface area (Å²) >= 11 is 0. The highest BCUT2D eigenvalue weighted by molar-refractivity contribution is 5.13. The summed E-state index contributed by atoms with van der Waals surface area (Å²) in [7, 11) is 0. The highest BCUT2D eigenvalue weighted by Crippen LogP contribution is 2.20. The molecule has 0 bridgehead atoms. The molecule has 1 aliphatic rings. The Labute approximate surface area is 116 Å². The van der Waals surface area contributed by atoms with Crippen molar-refractivity contribution in [3.8, 4) is 0 Å². The van der Waals surface area contributed by atoms with Gasteiger partial charge in [0.15, 0.2) is 0 Å². The number of hydrogen-bond donors (Lipinski definition) is 1. The van der Waals surface area contributed by atoms with E-state index in [2.05, 4.69) is 27.8 Å². The molecule has 0 spiro atoms. The summed E-state index contributed by atoms with van der Waals surface area (Å²) in [6.07, 6.45) is 5.83. The molecule has 106 valence electrons. The first kappa shape index (κ1) is 14.4. The third kappa shape index (κ3) is 4.27. The highest BCUT2D eigenvalue weighted by atomic mass is 16.2. The van der Waals surface area contributed by atoms with Crippen LogP contribution in [-0.2, 0) is 0 Å². The van der Waals surface area contributed by atoms with Gasteiger partial charge in [-0.15, -0.1) is 0 Å². The van der Waals surface area contributed by atoms with E-state index in [9.17, 15) is 0 Å². The summed E-state index contributed by atoms with van der Waals surface area (Å²) in [6, 6.07) is 4.62. The van der Waals surface area contributed by atoms with Crippen LogP contribution in [0.2, 0.25) is 0 Å². The Morgan fingerprint density at radius 2 is 2.05 bits per heavy atom. The minimum atomic E-state index is 0.317. The Bertz CT molecular complexity index is 350. The first-order valence-electron chi connectivity index (χ1n) is 7.28. The third-order valence-electron chi connectivity index (χ3n) is 4.00. The first-order valence-corrected chi connectivity index (χ1v) is 7.28. The predicted octanol–water partition coefficient (Wildman–Crippen LogP) is 1.53. The van der Waals surface area contributed by atoms with Crippen molar-refractivity contribution in [2.75, 3.05) is 39.3 Å². The summed E-state index contributed by atoms with van der Waals surface area (Å²) in [5.74, 6) is 0. The van der Waals surface area contributed by atoms with Gasteiger partial charge in [-0.05, 0) is 37.9 Å². The van der Waals surface area contributed by atoms with E-state index in [0.29, 0.717) is 12.6 Å². The lowest BCUT2D eigenvalue weighted by atomic mass is 10.1. The molecule has 0 saturated carbocycles. The molecular weight excluding hydrogens is 238 g/mol. The summed E-state index contributed by atoms with van der Waals surface area (Å²) in [4.78, 5) is 9.23. The van der Waals surface area contributed by atoms with Gasteiger partial charge in [0.05, 0.1) is 0 Å². The van der Waals surface area contributed by atoms with E-state index in [1.165, 1.54) is 5.56 Å². The van der Waals surface area contributed by atoms with Crippen molar-refractivity contribution in [1.29, 1.82) is 0 Å². The van der Waals surface area contributed by atoms with Crippen molar-refractivity contribution in [2.24, 2.45) is 0 Å². The predicted molar refractivity (Wildman–Crippen MR) is 77.0 cm³/mol. The largest absolute Gasteiger partial charge is 0.396 e. The van der Waals surface area contributed by atoms with Crippen molar-refractivity contribution in [2.45, 2.75) is 25.8 Å². The smallest absolute Gasteiger partial charge is 0.0431 e. The zero-order valence-electron chi connectivity index (χ0n) is 11.8. The molecule has 1 atom stereocenters. The molecule has 1 saturated heterocycles. The lowest BCUT2D eigenvalue weighted by Crippen LogP contribution is -2.47. The van der Waals surface area contributed by atoms with Gasteiger partial charge in [-0.3, -0.25) is 9.88 Å². The van der Waals surface area contributed by atoms with E-state index < -0.39 is 0 Å². The number of aliphatic hydroxyl groups is 1. The molecule has 4 nitrogen and oxygen atoms in total. The maximum atomic E-state index is 8.80. The van der Waals surface area contributed by atoms with Gasteiger partial charge in [-0.2, -0.15) is 0 Å². The van der Waals surface area contributed by atoms with E-state index in [1.807, 2.05) is 18.5 Å². The van der Waals surface area contributed by atoms with Crippen molar-refractivity contribution in [1.82, 2.24) is 14.8 Å². The van der Waals surface area contributed by atoms with E-state index in [1.54, 1.807) is 0 Å². The number of nitrogens with zero attached hydrogens (tertiary/aromatic N) is 3. The number of piperazine rings is 1. The van der Waals surface area contributed by atoms with Crippen molar-refractivity contribution >= 4 is 0 Å². The molecule has 2 heterocycles. The molecule has 1 aliphatic heterocycles. The van der Waals surface area contributed by atoms with E-state index in [-0.39, 0.29) is 0 Å². The Balaban J connectivity index is 1.77. The number of aromatic nitrogens is 1. The summed E-state index contributed by atoms with van der Waals surface area (Å²) in [5.41, 5.74) is 1.30. The molecule has 19 heavy (non-hydrogen) atoms. The van der Waals surface area contributed by atoms with Crippen molar-refractivity contribution < 1.29 is 5.11 Å². The van der Waals surface area contributed by atoms with Crippen LogP contribution in [0.1, 0.15) is 31.4 Å². The van der Waals surface area contributed by atoms with Gasteiger partial charge in [0, 0.05) is 51.2 Å². The van der Waals surface area contributed by atoms with Crippen LogP contribution >= 0.6 is 0 Å². The van der Waals surface area contributed by atoms with E-state index in [4.69, 9.17) is 5.11 Å².